The Hall–Kier alpha value is -1.43. The van der Waals surface area contributed by atoms with E-state index in [-0.39, 0.29) is 0 Å². The third-order valence-corrected chi connectivity index (χ3v) is 3.79. The molecule has 0 aliphatic rings. The van der Waals surface area contributed by atoms with Crippen LogP contribution < -0.4 is 0 Å². The van der Waals surface area contributed by atoms with Crippen LogP contribution in [-0.4, -0.2) is 0 Å². The maximum atomic E-state index is 3.96. The van der Waals surface area contributed by atoms with Crippen LogP contribution in [0.5, 0.6) is 0 Å². The molecular weight excluding hydrogens is 240 g/mol. The molecule has 0 saturated carbocycles. The zero-order valence-electron chi connectivity index (χ0n) is 14.0. The number of hydrogen-bond donors (Lipinski definition) is 0. The van der Waals surface area contributed by atoms with Crippen molar-refractivity contribution in [2.24, 2.45) is 5.92 Å². The molecule has 0 aromatic heterocycles. The van der Waals surface area contributed by atoms with E-state index in [2.05, 4.69) is 66.3 Å². The molecule has 0 rings (SSSR count). The molecule has 0 saturated heterocycles. The lowest BCUT2D eigenvalue weighted by molar-refractivity contribution is 0.735. The summed E-state index contributed by atoms with van der Waals surface area (Å²) in [6.07, 6.45) is 13.7. The number of allylic oxidation sites excluding steroid dienone is 8. The van der Waals surface area contributed by atoms with Crippen LogP contribution in [0, 0.1) is 12.3 Å². The first-order chi connectivity index (χ1) is 9.51. The van der Waals surface area contributed by atoms with Crippen molar-refractivity contribution in [3.63, 3.8) is 0 Å². The molecule has 0 atom stereocenters. The van der Waals surface area contributed by atoms with E-state index in [0.717, 1.165) is 19.3 Å². The molecule has 0 heterocycles. The van der Waals surface area contributed by atoms with Crippen molar-refractivity contribution in [3.05, 3.63) is 66.2 Å². The highest BCUT2D eigenvalue weighted by atomic mass is 14.1. The highest BCUT2D eigenvalue weighted by Crippen LogP contribution is 2.23. The van der Waals surface area contributed by atoms with Crippen LogP contribution >= 0.6 is 0 Å². The SMILES string of the molecule is C=CC(CCC/C(C=C)=C(/C)C(C)C)=C(/C=C\C)[CH-]C. The first-order valence-corrected chi connectivity index (χ1v) is 7.61. The van der Waals surface area contributed by atoms with Gasteiger partial charge >= 0.3 is 0 Å². The molecule has 112 valence electrons. The third kappa shape index (κ3) is 6.14. The van der Waals surface area contributed by atoms with Gasteiger partial charge in [0, 0.05) is 0 Å². The summed E-state index contributed by atoms with van der Waals surface area (Å²) < 4.78 is 0. The normalized spacial score (nSPS) is 14.1. The van der Waals surface area contributed by atoms with Crippen molar-refractivity contribution in [3.8, 4) is 0 Å². The number of rotatable bonds is 9. The van der Waals surface area contributed by atoms with Gasteiger partial charge in [-0.15, -0.1) is 24.3 Å². The fourth-order valence-corrected chi connectivity index (χ4v) is 2.23. The summed E-state index contributed by atoms with van der Waals surface area (Å²) in [5.41, 5.74) is 5.47. The Balaban J connectivity index is 4.80. The van der Waals surface area contributed by atoms with Gasteiger partial charge in [0.05, 0.1) is 0 Å². The second kappa shape index (κ2) is 10.4. The van der Waals surface area contributed by atoms with Gasteiger partial charge in [-0.3, -0.25) is 0 Å². The molecule has 0 aliphatic heterocycles. The van der Waals surface area contributed by atoms with E-state index in [1.165, 1.54) is 22.3 Å². The molecule has 0 bridgehead atoms. The molecule has 0 aliphatic carbocycles. The van der Waals surface area contributed by atoms with Crippen molar-refractivity contribution < 1.29 is 0 Å². The molecule has 0 heteroatoms. The minimum absolute atomic E-state index is 0.597. The maximum absolute atomic E-state index is 3.96. The van der Waals surface area contributed by atoms with E-state index in [1.54, 1.807) is 0 Å². The summed E-state index contributed by atoms with van der Waals surface area (Å²) in [6.45, 7) is 18.7. The van der Waals surface area contributed by atoms with Gasteiger partial charge in [-0.1, -0.05) is 58.8 Å². The molecule has 0 aromatic carbocycles. The van der Waals surface area contributed by atoms with E-state index >= 15 is 0 Å². The van der Waals surface area contributed by atoms with Crippen molar-refractivity contribution in [2.75, 3.05) is 0 Å². The van der Waals surface area contributed by atoms with Crippen LogP contribution in [0.1, 0.15) is 53.9 Å². The summed E-state index contributed by atoms with van der Waals surface area (Å²) in [7, 11) is 0. The maximum Gasteiger partial charge on any atom is -0.0257 e. The molecule has 20 heavy (non-hydrogen) atoms. The molecule has 0 amide bonds. The van der Waals surface area contributed by atoms with Crippen molar-refractivity contribution in [1.29, 1.82) is 0 Å². The Labute approximate surface area is 126 Å². The minimum Gasteiger partial charge on any atom is -0.189 e. The van der Waals surface area contributed by atoms with Crippen molar-refractivity contribution >= 4 is 0 Å². The Morgan fingerprint density at radius 2 is 1.65 bits per heavy atom. The molecular formula is C20H31-. The summed E-state index contributed by atoms with van der Waals surface area (Å²) in [5, 5.41) is 0. The van der Waals surface area contributed by atoms with E-state index in [9.17, 15) is 0 Å². The molecule has 0 aromatic rings. The number of hydrogen-bond acceptors (Lipinski definition) is 0. The lowest BCUT2D eigenvalue weighted by Gasteiger charge is -2.17. The Bertz CT molecular complexity index is 400. The fourth-order valence-electron chi connectivity index (χ4n) is 2.23. The van der Waals surface area contributed by atoms with Gasteiger partial charge in [-0.25, -0.2) is 0 Å². The summed E-state index contributed by atoms with van der Waals surface area (Å²) in [4.78, 5) is 0. The zero-order valence-corrected chi connectivity index (χ0v) is 14.0. The van der Waals surface area contributed by atoms with E-state index in [0.29, 0.717) is 5.92 Å². The summed E-state index contributed by atoms with van der Waals surface area (Å²) in [5.74, 6) is 0.597. The van der Waals surface area contributed by atoms with E-state index in [1.807, 2.05) is 12.2 Å². The largest absolute Gasteiger partial charge is 0.189 e. The van der Waals surface area contributed by atoms with Gasteiger partial charge in [0.2, 0.25) is 0 Å². The van der Waals surface area contributed by atoms with Gasteiger partial charge in [-0.05, 0) is 24.8 Å². The highest BCUT2D eigenvalue weighted by Gasteiger charge is 2.03. The minimum atomic E-state index is 0.597. The summed E-state index contributed by atoms with van der Waals surface area (Å²) in [6, 6.07) is 0. The van der Waals surface area contributed by atoms with Gasteiger partial charge in [0.15, 0.2) is 0 Å². The quantitative estimate of drug-likeness (QED) is 0.327. The van der Waals surface area contributed by atoms with Crippen LogP contribution in [0.2, 0.25) is 0 Å². The average molecular weight is 271 g/mol. The lowest BCUT2D eigenvalue weighted by Crippen LogP contribution is -1.95. The Kier molecular flexibility index (Phi) is 9.63. The first-order valence-electron chi connectivity index (χ1n) is 7.61. The molecule has 0 unspecified atom stereocenters. The topological polar surface area (TPSA) is 0 Å². The van der Waals surface area contributed by atoms with Crippen LogP contribution in [0.3, 0.4) is 0 Å². The van der Waals surface area contributed by atoms with Gasteiger partial charge in [0.1, 0.15) is 0 Å². The van der Waals surface area contributed by atoms with E-state index in [4.69, 9.17) is 0 Å². The second-order valence-corrected chi connectivity index (χ2v) is 5.39. The highest BCUT2D eigenvalue weighted by molar-refractivity contribution is 5.37. The third-order valence-electron chi connectivity index (χ3n) is 3.79. The molecule has 0 radical (unpaired) electrons. The van der Waals surface area contributed by atoms with Crippen LogP contribution in [0.15, 0.2) is 59.8 Å². The molecule has 0 nitrogen and oxygen atoms in total. The second-order valence-electron chi connectivity index (χ2n) is 5.39. The predicted molar refractivity (Wildman–Crippen MR) is 93.6 cm³/mol. The lowest BCUT2D eigenvalue weighted by atomic mass is 9.93. The smallest absolute Gasteiger partial charge is 0.0257 e. The first kappa shape index (κ1) is 18.6. The predicted octanol–water partition coefficient (Wildman–Crippen LogP) is 6.60. The van der Waals surface area contributed by atoms with E-state index < -0.39 is 0 Å². The standard InChI is InChI=1S/C20H31/c1-8-13-19(10-3)20(11-4)15-12-14-18(9-2)17(7)16(5)6/h8-11,13,16H,2,4,12,14-15H2,1,3,5-7H3/q-1/b13-8-,18-17-,20-19?. The zero-order chi connectivity index (χ0) is 15.5. The van der Waals surface area contributed by atoms with Crippen LogP contribution in [-0.2, 0) is 0 Å². The fraction of sp³-hybridized carbons (Fsp3) is 0.450. The van der Waals surface area contributed by atoms with Gasteiger partial charge in [-0.2, -0.15) is 18.1 Å². The van der Waals surface area contributed by atoms with Crippen molar-refractivity contribution in [1.82, 2.24) is 0 Å². The monoisotopic (exact) mass is 271 g/mol. The van der Waals surface area contributed by atoms with Gasteiger partial charge in [0.25, 0.3) is 0 Å². The molecule has 0 spiro atoms. The average Bonchev–Trinajstić information content (AvgIpc) is 2.45. The van der Waals surface area contributed by atoms with Gasteiger partial charge < -0.3 is 0 Å². The van der Waals surface area contributed by atoms with Crippen molar-refractivity contribution in [2.45, 2.75) is 53.9 Å². The summed E-state index contributed by atoms with van der Waals surface area (Å²) >= 11 is 0. The Morgan fingerprint density at radius 1 is 1.10 bits per heavy atom. The molecule has 0 N–H and O–H groups in total. The van der Waals surface area contributed by atoms with Crippen LogP contribution in [0.25, 0.3) is 0 Å². The Morgan fingerprint density at radius 3 is 2.05 bits per heavy atom. The molecule has 0 fully saturated rings. The van der Waals surface area contributed by atoms with Crippen LogP contribution in [0.4, 0.5) is 0 Å².